The Labute approximate surface area is 249 Å². The molecule has 41 heavy (non-hydrogen) atoms. The number of carboxylic acid groups (broad SMARTS) is 1. The van der Waals surface area contributed by atoms with Crippen LogP contribution in [0, 0.1) is 0 Å². The Morgan fingerprint density at radius 3 is 1.61 bits per heavy atom. The van der Waals surface area contributed by atoms with Gasteiger partial charge >= 0.3 is 19.8 Å². The van der Waals surface area contributed by atoms with Crippen LogP contribution in [0.4, 0.5) is 0 Å². The molecule has 0 rings (SSSR count). The highest BCUT2D eigenvalue weighted by molar-refractivity contribution is 7.47. The van der Waals surface area contributed by atoms with Crippen LogP contribution in [0.2, 0.25) is 0 Å². The third-order valence-electron chi connectivity index (χ3n) is 6.89. The molecule has 244 valence electrons. The number of carbonyl (C=O) groups is 2. The van der Waals surface area contributed by atoms with E-state index in [9.17, 15) is 19.0 Å². The first-order valence-corrected chi connectivity index (χ1v) is 17.6. The van der Waals surface area contributed by atoms with Crippen LogP contribution < -0.4 is 5.73 Å². The van der Waals surface area contributed by atoms with Crippen LogP contribution in [-0.4, -0.2) is 60.5 Å². The molecule has 0 amide bonds. The maximum atomic E-state index is 12.4. The minimum atomic E-state index is -4.59. The van der Waals surface area contributed by atoms with Crippen LogP contribution in [0.1, 0.15) is 142 Å². The number of nitrogens with two attached hydrogens (primary N) is 1. The first kappa shape index (κ1) is 40.0. The van der Waals surface area contributed by atoms with Crippen LogP contribution in [0.15, 0.2) is 0 Å². The largest absolute Gasteiger partial charge is 0.480 e. The van der Waals surface area contributed by atoms with Crippen molar-refractivity contribution in [3.05, 3.63) is 0 Å². The van der Waals surface area contributed by atoms with E-state index in [-0.39, 0.29) is 13.0 Å². The molecule has 3 unspecified atom stereocenters. The zero-order valence-electron chi connectivity index (χ0n) is 25.9. The SMILES string of the molecule is CCCCCCCCCCCCCCOCC(COP(=O)(O)OCC(N)C(=O)O)OC(=O)CCCCCCCCC. The van der Waals surface area contributed by atoms with Crippen molar-refractivity contribution >= 4 is 19.8 Å². The molecular formula is C30H60NO9P. The van der Waals surface area contributed by atoms with Crippen molar-refractivity contribution < 1.29 is 42.7 Å². The van der Waals surface area contributed by atoms with E-state index in [1.54, 1.807) is 0 Å². The summed E-state index contributed by atoms with van der Waals surface area (Å²) < 4.78 is 32.9. The summed E-state index contributed by atoms with van der Waals surface area (Å²) in [6.45, 7) is 3.81. The monoisotopic (exact) mass is 609 g/mol. The first-order valence-electron chi connectivity index (χ1n) is 16.1. The van der Waals surface area contributed by atoms with Gasteiger partial charge in [-0.1, -0.05) is 123 Å². The number of esters is 1. The number of phosphoric ester groups is 1. The molecule has 0 saturated carbocycles. The molecule has 0 aliphatic carbocycles. The van der Waals surface area contributed by atoms with Gasteiger partial charge < -0.3 is 25.2 Å². The predicted octanol–water partition coefficient (Wildman–Crippen LogP) is 7.30. The van der Waals surface area contributed by atoms with Crippen molar-refractivity contribution in [2.45, 2.75) is 154 Å². The lowest BCUT2D eigenvalue weighted by atomic mass is 10.1. The molecular weight excluding hydrogens is 549 g/mol. The molecule has 0 aromatic heterocycles. The second-order valence-electron chi connectivity index (χ2n) is 11.0. The molecule has 0 spiro atoms. The minimum Gasteiger partial charge on any atom is -0.480 e. The Morgan fingerprint density at radius 1 is 0.683 bits per heavy atom. The molecule has 0 aromatic carbocycles. The normalized spacial score (nSPS) is 14.4. The van der Waals surface area contributed by atoms with Crippen molar-refractivity contribution in [2.24, 2.45) is 5.73 Å². The second-order valence-corrected chi connectivity index (χ2v) is 12.4. The second kappa shape index (κ2) is 27.8. The van der Waals surface area contributed by atoms with Crippen LogP contribution in [0.25, 0.3) is 0 Å². The van der Waals surface area contributed by atoms with Gasteiger partial charge in [-0.05, 0) is 12.8 Å². The molecule has 0 heterocycles. The lowest BCUT2D eigenvalue weighted by molar-refractivity contribution is -0.154. The molecule has 0 radical (unpaired) electrons. The summed E-state index contributed by atoms with van der Waals surface area (Å²) in [5.74, 6) is -1.78. The van der Waals surface area contributed by atoms with E-state index in [1.807, 2.05) is 0 Å². The zero-order chi connectivity index (χ0) is 30.6. The topological polar surface area (TPSA) is 155 Å². The van der Waals surface area contributed by atoms with Crippen molar-refractivity contribution in [1.82, 2.24) is 0 Å². The predicted molar refractivity (Wildman–Crippen MR) is 162 cm³/mol. The van der Waals surface area contributed by atoms with Gasteiger partial charge in [-0.25, -0.2) is 4.57 Å². The molecule has 0 aromatic rings. The van der Waals surface area contributed by atoms with Crippen molar-refractivity contribution in [3.8, 4) is 0 Å². The minimum absolute atomic E-state index is 0.0232. The maximum absolute atomic E-state index is 12.4. The Kier molecular flexibility index (Phi) is 27.1. The van der Waals surface area contributed by atoms with Gasteiger partial charge in [-0.2, -0.15) is 0 Å². The van der Waals surface area contributed by atoms with Gasteiger partial charge in [0.05, 0.1) is 19.8 Å². The number of hydrogen-bond acceptors (Lipinski definition) is 8. The number of rotatable bonds is 31. The molecule has 11 heteroatoms. The van der Waals surface area contributed by atoms with Crippen molar-refractivity contribution in [3.63, 3.8) is 0 Å². The summed E-state index contributed by atoms with van der Waals surface area (Å²) in [7, 11) is -4.59. The molecule has 0 saturated heterocycles. The van der Waals surface area contributed by atoms with E-state index in [0.717, 1.165) is 38.5 Å². The van der Waals surface area contributed by atoms with E-state index in [4.69, 9.17) is 24.8 Å². The Bertz CT molecular complexity index is 680. The van der Waals surface area contributed by atoms with E-state index < -0.39 is 45.1 Å². The lowest BCUT2D eigenvalue weighted by Gasteiger charge is -2.20. The molecule has 0 aliphatic heterocycles. The van der Waals surface area contributed by atoms with E-state index in [2.05, 4.69) is 18.4 Å². The summed E-state index contributed by atoms with van der Waals surface area (Å²) in [6.07, 6.45) is 21.8. The quantitative estimate of drug-likeness (QED) is 0.0414. The fourth-order valence-corrected chi connectivity index (χ4v) is 5.09. The van der Waals surface area contributed by atoms with Crippen LogP contribution in [-0.2, 0) is 32.7 Å². The number of aliphatic carboxylic acids is 1. The summed E-state index contributed by atoms with van der Waals surface area (Å²) in [5.41, 5.74) is 5.30. The molecule has 3 atom stereocenters. The number of carbonyl (C=O) groups excluding carboxylic acids is 1. The third kappa shape index (κ3) is 27.5. The summed E-state index contributed by atoms with van der Waals surface area (Å²) in [6, 6.07) is -1.46. The summed E-state index contributed by atoms with van der Waals surface area (Å²) >= 11 is 0. The highest BCUT2D eigenvalue weighted by atomic mass is 31.2. The number of ether oxygens (including phenoxy) is 2. The molecule has 10 nitrogen and oxygen atoms in total. The highest BCUT2D eigenvalue weighted by Crippen LogP contribution is 2.43. The lowest BCUT2D eigenvalue weighted by Crippen LogP contribution is -2.34. The third-order valence-corrected chi connectivity index (χ3v) is 7.84. The van der Waals surface area contributed by atoms with Gasteiger partial charge in [-0.3, -0.25) is 18.6 Å². The molecule has 0 bridgehead atoms. The average molecular weight is 610 g/mol. The van der Waals surface area contributed by atoms with Gasteiger partial charge in [0.25, 0.3) is 0 Å². The number of phosphoric acid groups is 1. The number of carboxylic acids is 1. The summed E-state index contributed by atoms with van der Waals surface area (Å²) in [4.78, 5) is 33.0. The average Bonchev–Trinajstić information content (AvgIpc) is 2.94. The standard InChI is InChI=1S/C30H60NO9P/c1-3-5-7-9-11-12-13-14-15-17-19-21-23-37-24-27(25-38-41(35,36)39-26-28(31)30(33)34)40-29(32)22-20-18-16-10-8-6-4-2/h27-28H,3-26,31H2,1-2H3,(H,33,34)(H,35,36). The Morgan fingerprint density at radius 2 is 1.12 bits per heavy atom. The van der Waals surface area contributed by atoms with Gasteiger partial charge in [0, 0.05) is 13.0 Å². The molecule has 0 fully saturated rings. The fraction of sp³-hybridized carbons (Fsp3) is 0.933. The van der Waals surface area contributed by atoms with E-state index in [0.29, 0.717) is 13.0 Å². The van der Waals surface area contributed by atoms with Gasteiger partial charge in [0.2, 0.25) is 0 Å². The van der Waals surface area contributed by atoms with Gasteiger partial charge in [0.15, 0.2) is 0 Å². The van der Waals surface area contributed by atoms with Gasteiger partial charge in [0.1, 0.15) is 12.1 Å². The first-order chi connectivity index (χ1) is 19.7. The van der Waals surface area contributed by atoms with Crippen molar-refractivity contribution in [2.75, 3.05) is 26.4 Å². The fourth-order valence-electron chi connectivity index (χ4n) is 4.31. The van der Waals surface area contributed by atoms with E-state index in [1.165, 1.54) is 77.0 Å². The van der Waals surface area contributed by atoms with Crippen molar-refractivity contribution in [1.29, 1.82) is 0 Å². The Balaban J connectivity index is 4.32. The van der Waals surface area contributed by atoms with E-state index >= 15 is 0 Å². The highest BCUT2D eigenvalue weighted by Gasteiger charge is 2.27. The zero-order valence-corrected chi connectivity index (χ0v) is 26.8. The van der Waals surface area contributed by atoms with Crippen LogP contribution >= 0.6 is 7.82 Å². The maximum Gasteiger partial charge on any atom is 0.472 e. The molecule has 0 aliphatic rings. The molecule has 4 N–H and O–H groups in total. The van der Waals surface area contributed by atoms with Crippen LogP contribution in [0.5, 0.6) is 0 Å². The number of hydrogen-bond donors (Lipinski definition) is 3. The van der Waals surface area contributed by atoms with Gasteiger partial charge in [-0.15, -0.1) is 0 Å². The Hall–Kier alpha value is -1.03. The smallest absolute Gasteiger partial charge is 0.472 e. The summed E-state index contributed by atoms with van der Waals surface area (Å²) in [5, 5.41) is 8.80. The van der Waals surface area contributed by atoms with Crippen LogP contribution in [0.3, 0.4) is 0 Å². The number of unbranched alkanes of at least 4 members (excludes halogenated alkanes) is 17.